The van der Waals surface area contributed by atoms with E-state index in [9.17, 15) is 8.42 Å². The van der Waals surface area contributed by atoms with E-state index in [0.717, 1.165) is 0 Å². The van der Waals surface area contributed by atoms with Crippen LogP contribution in [0, 0.1) is 0 Å². The first kappa shape index (κ1) is 8.29. The zero-order valence-electron chi connectivity index (χ0n) is 5.82. The highest BCUT2D eigenvalue weighted by molar-refractivity contribution is 7.91. The lowest BCUT2D eigenvalue weighted by Crippen LogP contribution is -2.10. The lowest BCUT2D eigenvalue weighted by atomic mass is 10.7. The van der Waals surface area contributed by atoms with Gasteiger partial charge in [0, 0.05) is 6.20 Å². The highest BCUT2D eigenvalue weighted by atomic mass is 32.2. The maximum absolute atomic E-state index is 11.1. The molecule has 0 fully saturated rings. The molecule has 2 N–H and O–H groups in total. The minimum atomic E-state index is -3.27. The summed E-state index contributed by atoms with van der Waals surface area (Å²) in [7, 11) is -3.27. The molecule has 0 aliphatic rings. The van der Waals surface area contributed by atoms with Gasteiger partial charge < -0.3 is 10.1 Å². The van der Waals surface area contributed by atoms with Crippen molar-refractivity contribution < 1.29 is 13.5 Å². The number of aliphatic hydroxyl groups excluding tert-OH is 1. The van der Waals surface area contributed by atoms with E-state index in [2.05, 4.69) is 4.98 Å². The summed E-state index contributed by atoms with van der Waals surface area (Å²) in [6, 6.07) is 3.06. The third-order valence-corrected chi connectivity index (χ3v) is 2.91. The number of aromatic amines is 1. The van der Waals surface area contributed by atoms with Crippen LogP contribution in [0.15, 0.2) is 23.4 Å². The standard InChI is InChI=1S/C6H9NO3S/c8-4-5-11(9,10)6-2-1-3-7-6/h1-3,7-8H,4-5H2. The number of aliphatic hydroxyl groups is 1. The molecule has 0 aliphatic heterocycles. The van der Waals surface area contributed by atoms with Gasteiger partial charge in [0.25, 0.3) is 0 Å². The van der Waals surface area contributed by atoms with E-state index in [0.29, 0.717) is 0 Å². The summed E-state index contributed by atoms with van der Waals surface area (Å²) in [5.74, 6) is -0.229. The number of aromatic nitrogens is 1. The van der Waals surface area contributed by atoms with Crippen molar-refractivity contribution in [3.8, 4) is 0 Å². The normalized spacial score (nSPS) is 11.7. The smallest absolute Gasteiger partial charge is 0.195 e. The number of nitrogens with one attached hydrogen (secondary N) is 1. The molecule has 1 heterocycles. The third kappa shape index (κ3) is 1.81. The molecule has 1 rings (SSSR count). The van der Waals surface area contributed by atoms with Crippen LogP contribution >= 0.6 is 0 Å². The highest BCUT2D eigenvalue weighted by Crippen LogP contribution is 2.05. The van der Waals surface area contributed by atoms with Crippen molar-refractivity contribution in [2.75, 3.05) is 12.4 Å². The second kappa shape index (κ2) is 3.06. The van der Waals surface area contributed by atoms with Crippen molar-refractivity contribution in [2.24, 2.45) is 0 Å². The van der Waals surface area contributed by atoms with Gasteiger partial charge in [-0.2, -0.15) is 0 Å². The Hall–Kier alpha value is -0.810. The Morgan fingerprint density at radius 1 is 1.55 bits per heavy atom. The van der Waals surface area contributed by atoms with Gasteiger partial charge in [-0.05, 0) is 12.1 Å². The summed E-state index contributed by atoms with van der Waals surface area (Å²) in [6.45, 7) is -0.346. The van der Waals surface area contributed by atoms with Crippen LogP contribution < -0.4 is 0 Å². The quantitative estimate of drug-likeness (QED) is 0.667. The van der Waals surface area contributed by atoms with Gasteiger partial charge in [-0.1, -0.05) is 0 Å². The van der Waals surface area contributed by atoms with Gasteiger partial charge in [0.1, 0.15) is 5.03 Å². The summed E-state index contributed by atoms with van der Waals surface area (Å²) in [6.07, 6.45) is 1.53. The average Bonchev–Trinajstić information content (AvgIpc) is 2.37. The van der Waals surface area contributed by atoms with Gasteiger partial charge in [-0.15, -0.1) is 0 Å². The van der Waals surface area contributed by atoms with Crippen molar-refractivity contribution >= 4 is 9.84 Å². The Morgan fingerprint density at radius 2 is 2.27 bits per heavy atom. The molecule has 0 radical (unpaired) electrons. The first-order valence-electron chi connectivity index (χ1n) is 3.14. The molecule has 4 nitrogen and oxygen atoms in total. The van der Waals surface area contributed by atoms with Crippen molar-refractivity contribution in [2.45, 2.75) is 5.03 Å². The number of sulfone groups is 1. The number of hydrogen-bond acceptors (Lipinski definition) is 3. The number of rotatable bonds is 3. The Labute approximate surface area is 64.8 Å². The van der Waals surface area contributed by atoms with Crippen molar-refractivity contribution in [3.63, 3.8) is 0 Å². The SMILES string of the molecule is O=S(=O)(CCO)c1ccc[nH]1. The summed E-state index contributed by atoms with van der Waals surface area (Å²) in [5.41, 5.74) is 0. The van der Waals surface area contributed by atoms with Crippen LogP contribution in [-0.4, -0.2) is 30.9 Å². The van der Waals surface area contributed by atoms with E-state index < -0.39 is 9.84 Å². The van der Waals surface area contributed by atoms with Crippen LogP contribution in [0.25, 0.3) is 0 Å². The second-order valence-electron chi connectivity index (χ2n) is 2.08. The van der Waals surface area contributed by atoms with Crippen LogP contribution in [0.3, 0.4) is 0 Å². The average molecular weight is 175 g/mol. The molecule has 0 aliphatic carbocycles. The van der Waals surface area contributed by atoms with Crippen molar-refractivity contribution in [1.82, 2.24) is 4.98 Å². The predicted molar refractivity (Wildman–Crippen MR) is 39.9 cm³/mol. The molecule has 0 spiro atoms. The minimum Gasteiger partial charge on any atom is -0.395 e. The molecule has 11 heavy (non-hydrogen) atoms. The van der Waals surface area contributed by atoms with E-state index in [-0.39, 0.29) is 17.4 Å². The number of H-pyrrole nitrogens is 1. The van der Waals surface area contributed by atoms with Crippen LogP contribution in [0.5, 0.6) is 0 Å². The van der Waals surface area contributed by atoms with Gasteiger partial charge >= 0.3 is 0 Å². The maximum atomic E-state index is 11.1. The predicted octanol–water partition coefficient (Wildman–Crippen LogP) is -0.219. The molecule has 0 unspecified atom stereocenters. The van der Waals surface area contributed by atoms with E-state index in [1.54, 1.807) is 6.07 Å². The molecule has 1 aromatic heterocycles. The fourth-order valence-corrected chi connectivity index (χ4v) is 1.73. The Bertz CT molecular complexity index is 301. The van der Waals surface area contributed by atoms with Gasteiger partial charge in [-0.3, -0.25) is 0 Å². The van der Waals surface area contributed by atoms with Gasteiger partial charge in [0.15, 0.2) is 9.84 Å². The first-order valence-corrected chi connectivity index (χ1v) is 4.79. The fourth-order valence-electron chi connectivity index (χ4n) is 0.737. The lowest BCUT2D eigenvalue weighted by molar-refractivity contribution is 0.319. The summed E-state index contributed by atoms with van der Waals surface area (Å²) in [4.78, 5) is 2.56. The third-order valence-electron chi connectivity index (χ3n) is 1.26. The van der Waals surface area contributed by atoms with Gasteiger partial charge in [0.2, 0.25) is 0 Å². The van der Waals surface area contributed by atoms with Crippen LogP contribution in [0.1, 0.15) is 0 Å². The van der Waals surface area contributed by atoms with E-state index in [1.807, 2.05) is 0 Å². The first-order chi connectivity index (χ1) is 5.17. The van der Waals surface area contributed by atoms with Crippen LogP contribution in [-0.2, 0) is 9.84 Å². The molecule has 1 aromatic rings. The zero-order chi connectivity index (χ0) is 8.32. The van der Waals surface area contributed by atoms with Gasteiger partial charge in [-0.25, -0.2) is 8.42 Å². The summed E-state index contributed by atoms with van der Waals surface area (Å²) < 4.78 is 22.2. The molecule has 5 heteroatoms. The van der Waals surface area contributed by atoms with E-state index in [4.69, 9.17) is 5.11 Å². The Kier molecular flexibility index (Phi) is 2.31. The zero-order valence-corrected chi connectivity index (χ0v) is 6.63. The fraction of sp³-hybridized carbons (Fsp3) is 0.333. The lowest BCUT2D eigenvalue weighted by Gasteiger charge is -1.96. The van der Waals surface area contributed by atoms with Crippen molar-refractivity contribution in [3.05, 3.63) is 18.3 Å². The molecule has 0 atom stereocenters. The molecule has 0 saturated carbocycles. The Balaban J connectivity index is 2.92. The topological polar surface area (TPSA) is 70.2 Å². The highest BCUT2D eigenvalue weighted by Gasteiger charge is 2.13. The van der Waals surface area contributed by atoms with E-state index >= 15 is 0 Å². The molecule has 62 valence electrons. The Morgan fingerprint density at radius 3 is 2.73 bits per heavy atom. The van der Waals surface area contributed by atoms with Crippen LogP contribution in [0.4, 0.5) is 0 Å². The summed E-state index contributed by atoms with van der Waals surface area (Å²) >= 11 is 0. The molecule has 0 amide bonds. The molecular weight excluding hydrogens is 166 g/mol. The second-order valence-corrected chi connectivity index (χ2v) is 4.15. The van der Waals surface area contributed by atoms with E-state index in [1.165, 1.54) is 12.3 Å². The molecule has 0 bridgehead atoms. The largest absolute Gasteiger partial charge is 0.395 e. The minimum absolute atomic E-state index is 0.159. The number of hydrogen-bond donors (Lipinski definition) is 2. The molecule has 0 aromatic carbocycles. The van der Waals surface area contributed by atoms with Crippen LogP contribution in [0.2, 0.25) is 0 Å². The molecular formula is C6H9NO3S. The maximum Gasteiger partial charge on any atom is 0.195 e. The monoisotopic (exact) mass is 175 g/mol. The van der Waals surface area contributed by atoms with Crippen molar-refractivity contribution in [1.29, 1.82) is 0 Å². The molecule has 0 saturated heterocycles. The summed E-state index contributed by atoms with van der Waals surface area (Å²) in [5, 5.41) is 8.57. The van der Waals surface area contributed by atoms with Gasteiger partial charge in [0.05, 0.1) is 12.4 Å².